The molecule has 7 heteroatoms. The van der Waals surface area contributed by atoms with Crippen LogP contribution in [-0.4, -0.2) is 48.0 Å². The van der Waals surface area contributed by atoms with Crippen molar-refractivity contribution in [2.45, 2.75) is 46.5 Å². The predicted octanol–water partition coefficient (Wildman–Crippen LogP) is 6.18. The van der Waals surface area contributed by atoms with Gasteiger partial charge in [-0.3, -0.25) is 4.99 Å². The van der Waals surface area contributed by atoms with Crippen molar-refractivity contribution < 1.29 is 9.47 Å². The number of allylic oxidation sites excluding steroid dienone is 3. The molecule has 1 aliphatic carbocycles. The molecule has 39 heavy (non-hydrogen) atoms. The first-order chi connectivity index (χ1) is 18.9. The molecule has 2 aliphatic heterocycles. The molecule has 0 spiro atoms. The highest BCUT2D eigenvalue weighted by molar-refractivity contribution is 6.03. The number of piperidine rings is 1. The summed E-state index contributed by atoms with van der Waals surface area (Å²) < 4.78 is 10.8. The quantitative estimate of drug-likeness (QED) is 0.386. The molecule has 0 amide bonds. The highest BCUT2D eigenvalue weighted by Gasteiger charge is 2.38. The number of aromatic nitrogens is 3. The predicted molar refractivity (Wildman–Crippen MR) is 156 cm³/mol. The monoisotopic (exact) mass is 521 g/mol. The van der Waals surface area contributed by atoms with Gasteiger partial charge < -0.3 is 14.4 Å². The first-order valence-corrected chi connectivity index (χ1v) is 13.6. The number of benzene rings is 1. The second-order valence-corrected chi connectivity index (χ2v) is 11.0. The van der Waals surface area contributed by atoms with E-state index in [-0.39, 0.29) is 5.41 Å². The van der Waals surface area contributed by atoms with E-state index in [1.165, 1.54) is 22.4 Å². The van der Waals surface area contributed by atoms with E-state index in [1.54, 1.807) is 26.7 Å². The number of ether oxygens (including phenoxy) is 2. The van der Waals surface area contributed by atoms with Crippen LogP contribution >= 0.6 is 0 Å². The Morgan fingerprint density at radius 3 is 2.46 bits per heavy atom. The highest BCUT2D eigenvalue weighted by Crippen LogP contribution is 2.43. The van der Waals surface area contributed by atoms with Crippen LogP contribution in [0.4, 0.5) is 5.82 Å². The van der Waals surface area contributed by atoms with E-state index in [0.29, 0.717) is 5.88 Å². The van der Waals surface area contributed by atoms with Crippen molar-refractivity contribution in [3.63, 3.8) is 0 Å². The van der Waals surface area contributed by atoms with Gasteiger partial charge in [0.2, 0.25) is 5.88 Å². The van der Waals surface area contributed by atoms with Crippen molar-refractivity contribution in [2.75, 3.05) is 32.2 Å². The SMILES string of the molecule is COc1cc(C2=Cc3c(ncnc3N3CCC(C)(C4=NC(C)=C(c5ccc(OC)c(C)c5)C4)CC3)C2)ccn1. The number of hydrogen-bond acceptors (Lipinski definition) is 7. The molecule has 0 saturated carbocycles. The molecule has 2 aromatic heterocycles. The first kappa shape index (κ1) is 25.3. The minimum absolute atomic E-state index is 0.0752. The highest BCUT2D eigenvalue weighted by atomic mass is 16.5. The molecule has 3 aromatic rings. The van der Waals surface area contributed by atoms with Crippen molar-refractivity contribution in [3.05, 3.63) is 76.5 Å². The number of hydrogen-bond donors (Lipinski definition) is 0. The van der Waals surface area contributed by atoms with Gasteiger partial charge in [0.05, 0.1) is 19.9 Å². The van der Waals surface area contributed by atoms with Gasteiger partial charge in [-0.05, 0) is 78.8 Å². The summed E-state index contributed by atoms with van der Waals surface area (Å²) in [5, 5.41) is 0. The fourth-order valence-electron chi connectivity index (χ4n) is 6.10. The Balaban J connectivity index is 1.17. The Kier molecular flexibility index (Phi) is 6.45. The minimum Gasteiger partial charge on any atom is -0.496 e. The lowest BCUT2D eigenvalue weighted by Crippen LogP contribution is -2.43. The molecule has 0 radical (unpaired) electrons. The average molecular weight is 522 g/mol. The second-order valence-electron chi connectivity index (χ2n) is 11.0. The average Bonchev–Trinajstić information content (AvgIpc) is 3.58. The van der Waals surface area contributed by atoms with E-state index in [2.05, 4.69) is 59.9 Å². The minimum atomic E-state index is 0.0752. The van der Waals surface area contributed by atoms with Crippen LogP contribution in [0.3, 0.4) is 0 Å². The van der Waals surface area contributed by atoms with E-state index >= 15 is 0 Å². The lowest BCUT2D eigenvalue weighted by molar-refractivity contribution is 0.351. The zero-order valence-corrected chi connectivity index (χ0v) is 23.4. The summed E-state index contributed by atoms with van der Waals surface area (Å²) in [7, 11) is 3.37. The van der Waals surface area contributed by atoms with E-state index in [9.17, 15) is 0 Å². The number of rotatable bonds is 6. The maximum absolute atomic E-state index is 5.46. The summed E-state index contributed by atoms with van der Waals surface area (Å²) in [4.78, 5) is 21.2. The number of pyridine rings is 1. The number of nitrogens with zero attached hydrogens (tertiary/aromatic N) is 5. The van der Waals surface area contributed by atoms with Crippen LogP contribution in [0.2, 0.25) is 0 Å². The number of anilines is 1. The van der Waals surface area contributed by atoms with E-state index in [4.69, 9.17) is 19.5 Å². The molecule has 0 unspecified atom stereocenters. The van der Waals surface area contributed by atoms with Crippen LogP contribution in [0.5, 0.6) is 11.6 Å². The molecule has 0 atom stereocenters. The smallest absolute Gasteiger partial charge is 0.213 e. The summed E-state index contributed by atoms with van der Waals surface area (Å²) in [6, 6.07) is 10.5. The van der Waals surface area contributed by atoms with Gasteiger partial charge in [-0.2, -0.15) is 0 Å². The summed E-state index contributed by atoms with van der Waals surface area (Å²) >= 11 is 0. The third-order valence-corrected chi connectivity index (χ3v) is 8.63. The third kappa shape index (κ3) is 4.60. The van der Waals surface area contributed by atoms with Gasteiger partial charge in [0.25, 0.3) is 0 Å². The Morgan fingerprint density at radius 2 is 1.72 bits per heavy atom. The lowest BCUT2D eigenvalue weighted by Gasteiger charge is -2.40. The molecule has 7 nitrogen and oxygen atoms in total. The van der Waals surface area contributed by atoms with Crippen LogP contribution in [0.25, 0.3) is 17.2 Å². The number of aliphatic imine (C=N–C) groups is 1. The number of methoxy groups -OCH3 is 2. The zero-order valence-electron chi connectivity index (χ0n) is 23.4. The summed E-state index contributed by atoms with van der Waals surface area (Å²) in [6.45, 7) is 8.52. The molecule has 1 saturated heterocycles. The van der Waals surface area contributed by atoms with E-state index < -0.39 is 0 Å². The van der Waals surface area contributed by atoms with Gasteiger partial charge in [-0.1, -0.05) is 13.0 Å². The summed E-state index contributed by atoms with van der Waals surface area (Å²) in [5.41, 5.74) is 10.8. The molecule has 4 heterocycles. The lowest BCUT2D eigenvalue weighted by atomic mass is 9.74. The second kappa shape index (κ2) is 9.95. The van der Waals surface area contributed by atoms with Crippen LogP contribution in [0, 0.1) is 12.3 Å². The standard InChI is InChI=1S/C32H35N5O2/c1-20-14-23(6-7-28(20)38-4)25-18-29(36-21(25)2)32(3)9-12-37(13-10-32)31-26-15-24(16-27(26)34-19-35-31)22-8-11-33-30(17-22)39-5/h6-8,11,14-15,17,19H,9-10,12-13,16,18H2,1-5H3. The Hall–Kier alpha value is -4.00. The van der Waals surface area contributed by atoms with Gasteiger partial charge in [-0.25, -0.2) is 15.0 Å². The molecule has 3 aliphatic rings. The fourth-order valence-corrected chi connectivity index (χ4v) is 6.10. The maximum Gasteiger partial charge on any atom is 0.213 e. The van der Waals surface area contributed by atoms with Crippen molar-refractivity contribution >= 4 is 28.8 Å². The fraction of sp³-hybridized carbons (Fsp3) is 0.375. The van der Waals surface area contributed by atoms with Gasteiger partial charge in [0.15, 0.2) is 0 Å². The van der Waals surface area contributed by atoms with Gasteiger partial charge in [0.1, 0.15) is 17.9 Å². The molecular formula is C32H35N5O2. The van der Waals surface area contributed by atoms with Crippen molar-refractivity contribution in [2.24, 2.45) is 10.4 Å². The van der Waals surface area contributed by atoms with Crippen LogP contribution in [0.1, 0.15) is 61.1 Å². The van der Waals surface area contributed by atoms with Gasteiger partial charge >= 0.3 is 0 Å². The van der Waals surface area contributed by atoms with Crippen molar-refractivity contribution in [3.8, 4) is 11.6 Å². The normalized spacial score (nSPS) is 18.1. The van der Waals surface area contributed by atoms with Crippen LogP contribution in [-0.2, 0) is 6.42 Å². The van der Waals surface area contributed by atoms with Crippen LogP contribution < -0.4 is 14.4 Å². The van der Waals surface area contributed by atoms with Crippen molar-refractivity contribution in [1.82, 2.24) is 15.0 Å². The van der Waals surface area contributed by atoms with Gasteiger partial charge in [0, 0.05) is 60.6 Å². The van der Waals surface area contributed by atoms with Gasteiger partial charge in [-0.15, -0.1) is 0 Å². The number of aryl methyl sites for hydroxylation is 1. The Bertz CT molecular complexity index is 1530. The molecule has 0 bridgehead atoms. The first-order valence-electron chi connectivity index (χ1n) is 13.6. The largest absolute Gasteiger partial charge is 0.496 e. The third-order valence-electron chi connectivity index (χ3n) is 8.63. The molecule has 1 fully saturated rings. The Morgan fingerprint density at radius 1 is 0.897 bits per heavy atom. The zero-order chi connectivity index (χ0) is 27.1. The molecule has 0 N–H and O–H groups in total. The molecule has 1 aromatic carbocycles. The van der Waals surface area contributed by atoms with E-state index in [0.717, 1.165) is 78.4 Å². The molecule has 200 valence electrons. The maximum atomic E-state index is 5.46. The summed E-state index contributed by atoms with van der Waals surface area (Å²) in [6.07, 6.45) is 9.54. The number of fused-ring (bicyclic) bond motifs is 1. The van der Waals surface area contributed by atoms with Crippen LogP contribution in [0.15, 0.2) is 53.5 Å². The molecular weight excluding hydrogens is 486 g/mol. The topological polar surface area (TPSA) is 72.7 Å². The summed E-state index contributed by atoms with van der Waals surface area (Å²) in [5.74, 6) is 2.58. The van der Waals surface area contributed by atoms with E-state index in [1.807, 2.05) is 12.1 Å². The molecule has 6 rings (SSSR count). The van der Waals surface area contributed by atoms with Crippen molar-refractivity contribution in [1.29, 1.82) is 0 Å². The Labute approximate surface area is 230 Å².